The van der Waals surface area contributed by atoms with Crippen LogP contribution in [-0.2, 0) is 6.42 Å². The molecule has 3 N–H and O–H groups in total. The van der Waals surface area contributed by atoms with Crippen LogP contribution in [0.3, 0.4) is 0 Å². The van der Waals surface area contributed by atoms with Gasteiger partial charge in [-0.3, -0.25) is 0 Å². The highest BCUT2D eigenvalue weighted by Gasteiger charge is 2.14. The highest BCUT2D eigenvalue weighted by Crippen LogP contribution is 2.32. The molecule has 0 atom stereocenters. The van der Waals surface area contributed by atoms with E-state index in [-0.39, 0.29) is 6.61 Å². The van der Waals surface area contributed by atoms with Gasteiger partial charge in [0.1, 0.15) is 5.75 Å². The molecular formula is C14H22N2O2. The van der Waals surface area contributed by atoms with Crippen molar-refractivity contribution in [3.8, 4) is 5.75 Å². The van der Waals surface area contributed by atoms with E-state index in [9.17, 15) is 0 Å². The lowest BCUT2D eigenvalue weighted by atomic mass is 10.1. The summed E-state index contributed by atoms with van der Waals surface area (Å²) in [6, 6.07) is 6.23. The second-order valence-corrected chi connectivity index (χ2v) is 4.50. The molecule has 0 aromatic heterocycles. The van der Waals surface area contributed by atoms with E-state index in [1.165, 1.54) is 11.3 Å². The van der Waals surface area contributed by atoms with Gasteiger partial charge in [0.2, 0.25) is 0 Å². The van der Waals surface area contributed by atoms with Gasteiger partial charge in [-0.1, -0.05) is 12.1 Å². The molecule has 4 heteroatoms. The zero-order valence-corrected chi connectivity index (χ0v) is 10.7. The van der Waals surface area contributed by atoms with Gasteiger partial charge in [-0.25, -0.2) is 0 Å². The van der Waals surface area contributed by atoms with Crippen molar-refractivity contribution in [2.75, 3.05) is 38.2 Å². The average molecular weight is 250 g/mol. The topological polar surface area (TPSA) is 53.5 Å². The second-order valence-electron chi connectivity index (χ2n) is 4.50. The summed E-state index contributed by atoms with van der Waals surface area (Å²) in [5.74, 6) is 0.973. The molecule has 0 aliphatic carbocycles. The molecule has 1 heterocycles. The number of aliphatic hydroxyl groups excluding tert-OH is 1. The van der Waals surface area contributed by atoms with E-state index >= 15 is 0 Å². The molecule has 0 saturated carbocycles. The van der Waals surface area contributed by atoms with Crippen LogP contribution in [0.4, 0.5) is 5.69 Å². The summed E-state index contributed by atoms with van der Waals surface area (Å²) >= 11 is 0. The third kappa shape index (κ3) is 3.62. The van der Waals surface area contributed by atoms with Crippen molar-refractivity contribution in [2.24, 2.45) is 0 Å². The monoisotopic (exact) mass is 250 g/mol. The van der Waals surface area contributed by atoms with Crippen LogP contribution < -0.4 is 15.4 Å². The van der Waals surface area contributed by atoms with E-state index < -0.39 is 0 Å². The number of benzene rings is 1. The Balaban J connectivity index is 1.66. The summed E-state index contributed by atoms with van der Waals surface area (Å²) in [6.07, 6.45) is 2.89. The molecule has 18 heavy (non-hydrogen) atoms. The average Bonchev–Trinajstić information content (AvgIpc) is 2.86. The largest absolute Gasteiger partial charge is 0.491 e. The SMILES string of the molecule is OCCCNCCCOc1cccc2c1NCC2. The summed E-state index contributed by atoms with van der Waals surface area (Å²) < 4.78 is 5.80. The van der Waals surface area contributed by atoms with Crippen LogP contribution in [-0.4, -0.2) is 38.0 Å². The van der Waals surface area contributed by atoms with Crippen LogP contribution in [0.1, 0.15) is 18.4 Å². The second kappa shape index (κ2) is 7.24. The number of nitrogens with one attached hydrogen (secondary N) is 2. The standard InChI is InChI=1S/C14H22N2O2/c17-10-2-7-15-8-3-11-18-13-5-1-4-12-6-9-16-14(12)13/h1,4-5,15-17H,2-3,6-11H2. The molecule has 0 unspecified atom stereocenters. The number of anilines is 1. The predicted octanol–water partition coefficient (Wildman–Crippen LogP) is 1.40. The van der Waals surface area contributed by atoms with Crippen molar-refractivity contribution in [3.63, 3.8) is 0 Å². The molecule has 0 saturated heterocycles. The number of aliphatic hydroxyl groups is 1. The number of fused-ring (bicyclic) bond motifs is 1. The zero-order valence-electron chi connectivity index (χ0n) is 10.7. The van der Waals surface area contributed by atoms with E-state index in [4.69, 9.17) is 9.84 Å². The van der Waals surface area contributed by atoms with Crippen LogP contribution in [0.15, 0.2) is 18.2 Å². The molecule has 0 fully saturated rings. The van der Waals surface area contributed by atoms with Crippen LogP contribution in [0, 0.1) is 0 Å². The Morgan fingerprint density at radius 3 is 3.06 bits per heavy atom. The first kappa shape index (κ1) is 13.2. The van der Waals surface area contributed by atoms with Crippen molar-refractivity contribution in [2.45, 2.75) is 19.3 Å². The summed E-state index contributed by atoms with van der Waals surface area (Å²) in [5, 5.41) is 15.3. The van der Waals surface area contributed by atoms with Crippen molar-refractivity contribution >= 4 is 5.69 Å². The quantitative estimate of drug-likeness (QED) is 0.610. The summed E-state index contributed by atoms with van der Waals surface area (Å²) in [7, 11) is 0. The molecule has 4 nitrogen and oxygen atoms in total. The molecule has 0 bridgehead atoms. The maximum absolute atomic E-state index is 8.64. The lowest BCUT2D eigenvalue weighted by molar-refractivity contribution is 0.282. The maximum atomic E-state index is 8.64. The first-order valence-electron chi connectivity index (χ1n) is 6.72. The van der Waals surface area contributed by atoms with Gasteiger partial charge in [-0.15, -0.1) is 0 Å². The number of hydrogen-bond acceptors (Lipinski definition) is 4. The molecule has 0 spiro atoms. The molecule has 2 rings (SSSR count). The predicted molar refractivity (Wildman–Crippen MR) is 73.3 cm³/mol. The Bertz CT molecular complexity index is 369. The third-order valence-corrected chi connectivity index (χ3v) is 3.08. The van der Waals surface area contributed by atoms with Gasteiger partial charge in [0.25, 0.3) is 0 Å². The minimum atomic E-state index is 0.255. The first-order valence-corrected chi connectivity index (χ1v) is 6.72. The van der Waals surface area contributed by atoms with Crippen molar-refractivity contribution in [1.29, 1.82) is 0 Å². The van der Waals surface area contributed by atoms with E-state index in [0.29, 0.717) is 0 Å². The smallest absolute Gasteiger partial charge is 0.142 e. The Morgan fingerprint density at radius 2 is 2.17 bits per heavy atom. The molecule has 0 amide bonds. The molecule has 1 aliphatic heterocycles. The number of ether oxygens (including phenoxy) is 1. The van der Waals surface area contributed by atoms with Gasteiger partial charge in [0.05, 0.1) is 12.3 Å². The van der Waals surface area contributed by atoms with E-state index in [1.54, 1.807) is 0 Å². The Labute approximate surface area is 108 Å². The van der Waals surface area contributed by atoms with Crippen LogP contribution in [0.5, 0.6) is 5.75 Å². The minimum Gasteiger partial charge on any atom is -0.491 e. The Morgan fingerprint density at radius 1 is 1.28 bits per heavy atom. The van der Waals surface area contributed by atoms with Crippen molar-refractivity contribution in [1.82, 2.24) is 5.32 Å². The molecule has 0 radical (unpaired) electrons. The van der Waals surface area contributed by atoms with Crippen LogP contribution in [0.25, 0.3) is 0 Å². The molecule has 1 aromatic carbocycles. The van der Waals surface area contributed by atoms with Gasteiger partial charge in [0.15, 0.2) is 0 Å². The molecule has 1 aliphatic rings. The normalized spacial score (nSPS) is 13.2. The molecule has 1 aromatic rings. The fraction of sp³-hybridized carbons (Fsp3) is 0.571. The Kier molecular flexibility index (Phi) is 5.30. The first-order chi connectivity index (χ1) is 8.92. The third-order valence-electron chi connectivity index (χ3n) is 3.08. The number of para-hydroxylation sites is 1. The lowest BCUT2D eigenvalue weighted by Crippen LogP contribution is -2.19. The van der Waals surface area contributed by atoms with E-state index in [1.807, 2.05) is 6.07 Å². The van der Waals surface area contributed by atoms with Gasteiger partial charge in [-0.05, 0) is 44.0 Å². The van der Waals surface area contributed by atoms with Crippen molar-refractivity contribution in [3.05, 3.63) is 23.8 Å². The zero-order chi connectivity index (χ0) is 12.6. The number of hydrogen-bond donors (Lipinski definition) is 3. The van der Waals surface area contributed by atoms with Gasteiger partial charge < -0.3 is 20.5 Å². The molecular weight excluding hydrogens is 228 g/mol. The van der Waals surface area contributed by atoms with Crippen LogP contribution >= 0.6 is 0 Å². The fourth-order valence-electron chi connectivity index (χ4n) is 2.14. The van der Waals surface area contributed by atoms with Gasteiger partial charge >= 0.3 is 0 Å². The van der Waals surface area contributed by atoms with E-state index in [0.717, 1.165) is 51.3 Å². The van der Waals surface area contributed by atoms with Gasteiger partial charge in [-0.2, -0.15) is 0 Å². The highest BCUT2D eigenvalue weighted by molar-refractivity contribution is 5.65. The summed E-state index contributed by atoms with van der Waals surface area (Å²) in [6.45, 7) is 3.80. The van der Waals surface area contributed by atoms with E-state index in [2.05, 4.69) is 22.8 Å². The summed E-state index contributed by atoms with van der Waals surface area (Å²) in [4.78, 5) is 0. The highest BCUT2D eigenvalue weighted by atomic mass is 16.5. The van der Waals surface area contributed by atoms with Crippen LogP contribution in [0.2, 0.25) is 0 Å². The maximum Gasteiger partial charge on any atom is 0.142 e. The fourth-order valence-corrected chi connectivity index (χ4v) is 2.14. The lowest BCUT2D eigenvalue weighted by Gasteiger charge is -2.11. The summed E-state index contributed by atoms with van der Waals surface area (Å²) in [5.41, 5.74) is 2.53. The number of rotatable bonds is 8. The van der Waals surface area contributed by atoms with Gasteiger partial charge in [0, 0.05) is 13.2 Å². The Hall–Kier alpha value is -1.26. The minimum absolute atomic E-state index is 0.255. The molecule has 100 valence electrons. The van der Waals surface area contributed by atoms with Crippen molar-refractivity contribution < 1.29 is 9.84 Å².